The van der Waals surface area contributed by atoms with Crippen LogP contribution in [0.15, 0.2) is 12.2 Å². The zero-order valence-corrected chi connectivity index (χ0v) is 5.91. The van der Waals surface area contributed by atoms with E-state index >= 15 is 0 Å². The van der Waals surface area contributed by atoms with Gasteiger partial charge >= 0.3 is 5.97 Å². The topological polar surface area (TPSA) is 46.5 Å². The van der Waals surface area contributed by atoms with E-state index in [1.807, 2.05) is 0 Å². The van der Waals surface area contributed by atoms with Crippen molar-refractivity contribution in [3.63, 3.8) is 0 Å². The molecule has 0 amide bonds. The fraction of sp³-hybridized carbons (Fsp3) is 0.429. The Kier molecular flexibility index (Phi) is 5.77. The molecule has 0 rings (SSSR count). The van der Waals surface area contributed by atoms with Crippen LogP contribution in [-0.2, 0) is 9.53 Å². The average molecular weight is 143 g/mol. The molecule has 0 aliphatic heterocycles. The van der Waals surface area contributed by atoms with E-state index in [2.05, 4.69) is 4.74 Å². The van der Waals surface area contributed by atoms with E-state index in [4.69, 9.17) is 5.11 Å². The van der Waals surface area contributed by atoms with Crippen LogP contribution in [0.1, 0.15) is 6.92 Å². The van der Waals surface area contributed by atoms with Gasteiger partial charge in [-0.05, 0) is 6.92 Å². The number of ether oxygens (including phenoxy) is 1. The summed E-state index contributed by atoms with van der Waals surface area (Å²) in [6.45, 7) is 1.83. The number of aliphatic hydroxyl groups excluding tert-OH is 1. The zero-order chi connectivity index (χ0) is 7.82. The maximum absolute atomic E-state index is 10.5. The monoisotopic (exact) mass is 143 g/mol. The van der Waals surface area contributed by atoms with Crippen molar-refractivity contribution in [2.45, 2.75) is 6.92 Å². The molecule has 3 nitrogen and oxygen atoms in total. The minimum atomic E-state index is -0.382. The van der Waals surface area contributed by atoms with Gasteiger partial charge in [-0.25, -0.2) is 4.79 Å². The van der Waals surface area contributed by atoms with Gasteiger partial charge in [-0.2, -0.15) is 0 Å². The van der Waals surface area contributed by atoms with Gasteiger partial charge in [-0.1, -0.05) is 6.08 Å². The Labute approximate surface area is 60.3 Å². The molecule has 0 aromatic rings. The molecule has 0 spiro atoms. The molecule has 0 aromatic carbocycles. The molecule has 0 fully saturated rings. The highest BCUT2D eigenvalue weighted by molar-refractivity contribution is 5.81. The molecule has 0 aromatic heterocycles. The van der Waals surface area contributed by atoms with Crippen molar-refractivity contribution in [3.8, 4) is 0 Å². The van der Waals surface area contributed by atoms with Crippen LogP contribution >= 0.6 is 0 Å². The summed E-state index contributed by atoms with van der Waals surface area (Å²) in [5, 5.41) is 8.24. The lowest BCUT2D eigenvalue weighted by atomic mass is 10.5. The summed E-state index contributed by atoms with van der Waals surface area (Å²) < 4.78 is 4.58. The van der Waals surface area contributed by atoms with Crippen LogP contribution in [0.4, 0.5) is 0 Å². The number of carbonyl (C=O) groups excluding carboxylic acids is 1. The molecule has 0 bridgehead atoms. The third-order valence-electron chi connectivity index (χ3n) is 0.775. The Hall–Kier alpha value is -0.830. The van der Waals surface area contributed by atoms with Crippen LogP contribution in [0.5, 0.6) is 0 Å². The van der Waals surface area contributed by atoms with E-state index in [9.17, 15) is 4.79 Å². The highest BCUT2D eigenvalue weighted by Gasteiger charge is 1.93. The predicted molar refractivity (Wildman–Crippen MR) is 37.2 cm³/mol. The van der Waals surface area contributed by atoms with Gasteiger partial charge in [0.2, 0.25) is 0 Å². The van der Waals surface area contributed by atoms with Crippen molar-refractivity contribution in [1.82, 2.24) is 0 Å². The fourth-order valence-corrected chi connectivity index (χ4v) is 0.378. The van der Waals surface area contributed by atoms with E-state index in [1.165, 1.54) is 12.5 Å². The summed E-state index contributed by atoms with van der Waals surface area (Å²) in [7, 11) is 0. The fourth-order valence-electron chi connectivity index (χ4n) is 0.378. The van der Waals surface area contributed by atoms with Gasteiger partial charge in [0.1, 0.15) is 0 Å². The van der Waals surface area contributed by atoms with E-state index in [0.717, 1.165) is 0 Å². The first-order valence-corrected chi connectivity index (χ1v) is 3.03. The molecule has 10 heavy (non-hydrogen) atoms. The molecule has 0 aliphatic rings. The number of esters is 1. The summed E-state index contributed by atoms with van der Waals surface area (Å²) in [6, 6.07) is 0. The first kappa shape index (κ1) is 9.17. The summed E-state index contributed by atoms with van der Waals surface area (Å²) in [5.41, 5.74) is 0. The molecule has 0 unspecified atom stereocenters. The van der Waals surface area contributed by atoms with Crippen LogP contribution in [0.2, 0.25) is 0 Å². The third kappa shape index (κ3) is 5.31. The quantitative estimate of drug-likeness (QED) is 0.350. The van der Waals surface area contributed by atoms with Gasteiger partial charge in [0.05, 0.1) is 6.61 Å². The Morgan fingerprint density at radius 3 is 2.90 bits per heavy atom. The summed E-state index contributed by atoms with van der Waals surface area (Å²) in [6.07, 6.45) is 4.38. The van der Waals surface area contributed by atoms with Crippen LogP contribution in [0.25, 0.3) is 0 Å². The highest BCUT2D eigenvalue weighted by atomic mass is 16.5. The SMILES string of the molecule is CC=CC(=O)OC[CH]CO. The van der Waals surface area contributed by atoms with Gasteiger partial charge in [0, 0.05) is 19.1 Å². The van der Waals surface area contributed by atoms with Crippen molar-refractivity contribution in [1.29, 1.82) is 0 Å². The van der Waals surface area contributed by atoms with Crippen LogP contribution in [0, 0.1) is 6.42 Å². The number of carbonyl (C=O) groups is 1. The summed E-state index contributed by atoms with van der Waals surface area (Å²) >= 11 is 0. The first-order valence-electron chi connectivity index (χ1n) is 3.03. The molecule has 0 heterocycles. The number of aliphatic hydroxyl groups is 1. The Morgan fingerprint density at radius 2 is 2.40 bits per heavy atom. The van der Waals surface area contributed by atoms with Gasteiger partial charge in [0.15, 0.2) is 0 Å². The van der Waals surface area contributed by atoms with Gasteiger partial charge < -0.3 is 9.84 Å². The van der Waals surface area contributed by atoms with Gasteiger partial charge in [-0.3, -0.25) is 0 Å². The maximum Gasteiger partial charge on any atom is 0.330 e. The largest absolute Gasteiger partial charge is 0.462 e. The summed E-state index contributed by atoms with van der Waals surface area (Å²) in [5.74, 6) is -0.382. The second-order valence-electron chi connectivity index (χ2n) is 1.60. The van der Waals surface area contributed by atoms with Crippen LogP contribution in [-0.4, -0.2) is 24.3 Å². The Bertz CT molecular complexity index is 118. The van der Waals surface area contributed by atoms with Crippen molar-refractivity contribution in [2.75, 3.05) is 13.2 Å². The van der Waals surface area contributed by atoms with Crippen molar-refractivity contribution >= 4 is 5.97 Å². The van der Waals surface area contributed by atoms with Crippen LogP contribution in [0.3, 0.4) is 0 Å². The van der Waals surface area contributed by atoms with Crippen LogP contribution < -0.4 is 0 Å². The lowest BCUT2D eigenvalue weighted by Crippen LogP contribution is -2.03. The minimum absolute atomic E-state index is 0.0663. The second-order valence-corrected chi connectivity index (χ2v) is 1.60. The molecule has 0 aliphatic carbocycles. The smallest absolute Gasteiger partial charge is 0.330 e. The lowest BCUT2D eigenvalue weighted by molar-refractivity contribution is -0.137. The molecule has 0 saturated heterocycles. The average Bonchev–Trinajstić information content (AvgIpc) is 1.89. The van der Waals surface area contributed by atoms with Crippen molar-refractivity contribution in [2.24, 2.45) is 0 Å². The number of hydrogen-bond acceptors (Lipinski definition) is 3. The van der Waals surface area contributed by atoms with Crippen molar-refractivity contribution < 1.29 is 14.6 Å². The molecule has 0 atom stereocenters. The van der Waals surface area contributed by atoms with E-state index < -0.39 is 0 Å². The predicted octanol–water partition coefficient (Wildman–Crippen LogP) is 0.302. The normalized spacial score (nSPS) is 10.2. The number of hydrogen-bond donors (Lipinski definition) is 1. The van der Waals surface area contributed by atoms with E-state index in [0.29, 0.717) is 0 Å². The molecular weight excluding hydrogens is 132 g/mol. The molecule has 57 valence electrons. The molecule has 1 N–H and O–H groups in total. The van der Waals surface area contributed by atoms with E-state index in [1.54, 1.807) is 13.0 Å². The lowest BCUT2D eigenvalue weighted by Gasteiger charge is -1.97. The molecule has 1 radical (unpaired) electrons. The standard InChI is InChI=1S/C7H11O3/c1-2-4-7(9)10-6-3-5-8/h2-4,8H,5-6H2,1H3. The van der Waals surface area contributed by atoms with Gasteiger partial charge in [-0.15, -0.1) is 0 Å². The second kappa shape index (κ2) is 6.29. The Balaban J connectivity index is 3.22. The number of allylic oxidation sites excluding steroid dienone is 1. The van der Waals surface area contributed by atoms with Crippen molar-refractivity contribution in [3.05, 3.63) is 18.6 Å². The van der Waals surface area contributed by atoms with Gasteiger partial charge in [0.25, 0.3) is 0 Å². The summed E-state index contributed by atoms with van der Waals surface area (Å²) in [4.78, 5) is 10.5. The molecule has 0 saturated carbocycles. The Morgan fingerprint density at radius 1 is 1.70 bits per heavy atom. The molecule has 3 heteroatoms. The minimum Gasteiger partial charge on any atom is -0.462 e. The third-order valence-corrected chi connectivity index (χ3v) is 0.775. The zero-order valence-electron chi connectivity index (χ0n) is 5.91. The highest BCUT2D eigenvalue weighted by Crippen LogP contribution is 1.83. The molecular formula is C7H11O3. The number of rotatable bonds is 4. The first-order chi connectivity index (χ1) is 4.81. The maximum atomic E-state index is 10.5. The van der Waals surface area contributed by atoms with E-state index in [-0.39, 0.29) is 19.2 Å².